The molecule has 0 bridgehead atoms. The molecular formula is C29H19F3N5O2S+. The van der Waals surface area contributed by atoms with Crippen LogP contribution in [0.1, 0.15) is 15.2 Å². The molecule has 0 aliphatic heterocycles. The zero-order valence-corrected chi connectivity index (χ0v) is 21.3. The third-order valence-corrected chi connectivity index (χ3v) is 7.32. The summed E-state index contributed by atoms with van der Waals surface area (Å²) in [5, 5.41) is 7.08. The van der Waals surface area contributed by atoms with Crippen molar-refractivity contribution in [2.24, 2.45) is 0 Å². The number of nitrogens with one attached hydrogen (secondary N) is 1. The first kappa shape index (κ1) is 25.3. The number of halogens is 3. The van der Waals surface area contributed by atoms with Crippen LogP contribution in [0.2, 0.25) is 0 Å². The number of nitrogens with zero attached hydrogens (tertiary/aromatic N) is 3. The molecule has 11 heteroatoms. The molecule has 0 aliphatic carbocycles. The fourth-order valence-corrected chi connectivity index (χ4v) is 5.30. The van der Waals surface area contributed by atoms with Gasteiger partial charge < -0.3 is 5.73 Å². The summed E-state index contributed by atoms with van der Waals surface area (Å²) in [6, 6.07) is 25.1. The molecule has 3 aromatic heterocycles. The van der Waals surface area contributed by atoms with Gasteiger partial charge in [0.2, 0.25) is 11.0 Å². The molecule has 0 atom stereocenters. The van der Waals surface area contributed by atoms with Gasteiger partial charge in [-0.2, -0.15) is 13.2 Å². The number of nitrogen functional groups attached to an aromatic ring is 1. The molecule has 3 heterocycles. The van der Waals surface area contributed by atoms with E-state index in [1.807, 2.05) is 60.7 Å². The standard InChI is InChI=1S/C29H18F3N5O2S/c30-29(31,32)19-13-11-17(12-14-19)21-15-22(18-7-3-1-4-8-18)34-28-24(21)25(33)26(40-28)27(38)35-23-16-37(36-39-23)20-9-5-2-6-10-20/h1-16H,(H2-,33,35,36,38)/p+1. The smallest absolute Gasteiger partial charge is 0.397 e. The molecule has 0 saturated heterocycles. The molecule has 0 aliphatic rings. The number of para-hydroxylation sites is 1. The van der Waals surface area contributed by atoms with Crippen LogP contribution in [-0.4, -0.2) is 16.2 Å². The van der Waals surface area contributed by atoms with Gasteiger partial charge in [0.05, 0.1) is 16.9 Å². The number of amides is 1. The largest absolute Gasteiger partial charge is 0.416 e. The van der Waals surface area contributed by atoms with Gasteiger partial charge >= 0.3 is 12.1 Å². The summed E-state index contributed by atoms with van der Waals surface area (Å²) in [6.07, 6.45) is -2.94. The van der Waals surface area contributed by atoms with Gasteiger partial charge in [-0.05, 0) is 34.0 Å². The van der Waals surface area contributed by atoms with Crippen molar-refractivity contribution in [1.29, 1.82) is 0 Å². The molecule has 6 rings (SSSR count). The Balaban J connectivity index is 1.42. The van der Waals surface area contributed by atoms with Gasteiger partial charge in [0.15, 0.2) is 0 Å². The van der Waals surface area contributed by atoms with Crippen LogP contribution in [0.4, 0.5) is 24.7 Å². The number of fused-ring (bicyclic) bond motifs is 1. The minimum absolute atomic E-state index is 0.103. The van der Waals surface area contributed by atoms with E-state index in [9.17, 15) is 18.0 Å². The predicted molar refractivity (Wildman–Crippen MR) is 146 cm³/mol. The minimum Gasteiger partial charge on any atom is -0.397 e. The molecule has 198 valence electrons. The van der Waals surface area contributed by atoms with Crippen LogP contribution >= 0.6 is 11.3 Å². The molecular weight excluding hydrogens is 539 g/mol. The maximum Gasteiger partial charge on any atom is 0.416 e. The highest BCUT2D eigenvalue weighted by Gasteiger charge is 2.30. The molecule has 3 aromatic carbocycles. The fourth-order valence-electron chi connectivity index (χ4n) is 4.29. The van der Waals surface area contributed by atoms with E-state index in [4.69, 9.17) is 15.2 Å². The molecule has 0 saturated carbocycles. The number of hydrogen-bond acceptors (Lipinski definition) is 6. The van der Waals surface area contributed by atoms with Crippen LogP contribution in [0, 0.1) is 0 Å². The second kappa shape index (κ2) is 9.93. The second-order valence-corrected chi connectivity index (χ2v) is 9.82. The van der Waals surface area contributed by atoms with Crippen molar-refractivity contribution in [2.45, 2.75) is 6.18 Å². The van der Waals surface area contributed by atoms with Crippen LogP contribution in [0.15, 0.2) is 102 Å². The fraction of sp³-hybridized carbons (Fsp3) is 0.0345. The Morgan fingerprint density at radius 1 is 0.925 bits per heavy atom. The molecule has 0 unspecified atom stereocenters. The Kier molecular flexibility index (Phi) is 6.27. The van der Waals surface area contributed by atoms with E-state index in [-0.39, 0.29) is 16.4 Å². The predicted octanol–water partition coefficient (Wildman–Crippen LogP) is 6.75. The summed E-state index contributed by atoms with van der Waals surface area (Å²) in [7, 11) is 0. The highest BCUT2D eigenvalue weighted by molar-refractivity contribution is 7.21. The lowest BCUT2D eigenvalue weighted by atomic mass is 9.98. The van der Waals surface area contributed by atoms with Gasteiger partial charge in [-0.1, -0.05) is 60.7 Å². The topological polar surface area (TPSA) is 97.9 Å². The van der Waals surface area contributed by atoms with E-state index < -0.39 is 17.6 Å². The third-order valence-electron chi connectivity index (χ3n) is 6.22. The van der Waals surface area contributed by atoms with Gasteiger partial charge in [0.1, 0.15) is 9.71 Å². The third kappa shape index (κ3) is 4.78. The van der Waals surface area contributed by atoms with Crippen molar-refractivity contribution < 1.29 is 27.2 Å². The van der Waals surface area contributed by atoms with Gasteiger partial charge in [0, 0.05) is 23.1 Å². The average Bonchev–Trinajstić information content (AvgIpc) is 3.57. The molecule has 6 aromatic rings. The summed E-state index contributed by atoms with van der Waals surface area (Å²) in [4.78, 5) is 18.7. The van der Waals surface area contributed by atoms with Gasteiger partial charge in [-0.3, -0.25) is 14.6 Å². The number of nitrogens with two attached hydrogens (primary N) is 1. The van der Waals surface area contributed by atoms with Gasteiger partial charge in [-0.25, -0.2) is 4.98 Å². The van der Waals surface area contributed by atoms with Gasteiger partial charge in [-0.15, -0.1) is 11.3 Å². The number of aromatic nitrogens is 3. The maximum atomic E-state index is 13.3. The van der Waals surface area contributed by atoms with E-state index in [1.54, 1.807) is 6.07 Å². The van der Waals surface area contributed by atoms with Crippen molar-refractivity contribution in [3.63, 3.8) is 0 Å². The number of rotatable bonds is 5. The molecule has 1 amide bonds. The second-order valence-electron chi connectivity index (χ2n) is 8.82. The highest BCUT2D eigenvalue weighted by atomic mass is 32.1. The van der Waals surface area contributed by atoms with Crippen LogP contribution in [0.5, 0.6) is 0 Å². The lowest BCUT2D eigenvalue weighted by Gasteiger charge is -2.11. The van der Waals surface area contributed by atoms with Crippen LogP contribution < -0.4 is 15.7 Å². The first-order chi connectivity index (χ1) is 19.3. The SMILES string of the molecule is Nc1c(C(=O)Nc2c[n+](-c3ccccc3)no2)sc2nc(-c3ccccc3)cc(-c3ccc(C(F)(F)F)cc3)c12. The zero-order valence-electron chi connectivity index (χ0n) is 20.5. The number of hydrogen-bond donors (Lipinski definition) is 2. The van der Waals surface area contributed by atoms with Crippen molar-refractivity contribution in [3.8, 4) is 28.1 Å². The number of anilines is 2. The van der Waals surface area contributed by atoms with E-state index >= 15 is 0 Å². The van der Waals surface area contributed by atoms with Crippen LogP contribution in [-0.2, 0) is 6.18 Å². The number of benzene rings is 3. The minimum atomic E-state index is -4.46. The molecule has 0 fully saturated rings. The first-order valence-electron chi connectivity index (χ1n) is 12.0. The summed E-state index contributed by atoms with van der Waals surface area (Å²) < 4.78 is 46.4. The van der Waals surface area contributed by atoms with E-state index in [0.717, 1.165) is 34.7 Å². The van der Waals surface area contributed by atoms with Crippen molar-refractivity contribution in [3.05, 3.63) is 108 Å². The quantitative estimate of drug-likeness (QED) is 0.228. The van der Waals surface area contributed by atoms with Gasteiger partial charge in [0.25, 0.3) is 12.1 Å². The highest BCUT2D eigenvalue weighted by Crippen LogP contribution is 2.42. The number of carbonyl (C=O) groups is 1. The summed E-state index contributed by atoms with van der Waals surface area (Å²) in [5.74, 6) is -0.428. The van der Waals surface area contributed by atoms with Crippen molar-refractivity contribution in [2.75, 3.05) is 11.1 Å². The lowest BCUT2D eigenvalue weighted by Crippen LogP contribution is -2.31. The maximum absolute atomic E-state index is 13.3. The van der Waals surface area contributed by atoms with Crippen molar-refractivity contribution in [1.82, 2.24) is 10.3 Å². The van der Waals surface area contributed by atoms with E-state index in [1.165, 1.54) is 23.0 Å². The molecule has 7 nitrogen and oxygen atoms in total. The summed E-state index contributed by atoms with van der Waals surface area (Å²) in [6.45, 7) is 0. The normalized spacial score (nSPS) is 11.6. The Bertz CT molecular complexity index is 1830. The van der Waals surface area contributed by atoms with E-state index in [0.29, 0.717) is 27.0 Å². The average molecular weight is 559 g/mol. The molecule has 0 radical (unpaired) electrons. The summed E-state index contributed by atoms with van der Waals surface area (Å²) >= 11 is 1.08. The van der Waals surface area contributed by atoms with Crippen LogP contribution in [0.25, 0.3) is 38.3 Å². The lowest BCUT2D eigenvalue weighted by molar-refractivity contribution is -0.670. The molecule has 40 heavy (non-hydrogen) atoms. The Labute approximate surface area is 229 Å². The number of alkyl halides is 3. The monoisotopic (exact) mass is 558 g/mol. The Hall–Kier alpha value is -5.03. The van der Waals surface area contributed by atoms with E-state index in [2.05, 4.69) is 10.6 Å². The van der Waals surface area contributed by atoms with Crippen molar-refractivity contribution >= 4 is 39.0 Å². The zero-order chi connectivity index (χ0) is 27.9. The number of carbonyl (C=O) groups excluding carboxylic acids is 1. The number of thiophene rings is 1. The molecule has 0 spiro atoms. The Morgan fingerprint density at radius 3 is 2.27 bits per heavy atom. The Morgan fingerprint density at radius 2 is 1.60 bits per heavy atom. The summed E-state index contributed by atoms with van der Waals surface area (Å²) in [5.41, 5.74) is 9.11. The first-order valence-corrected chi connectivity index (χ1v) is 12.8. The number of pyridine rings is 1. The van der Waals surface area contributed by atoms with Crippen LogP contribution in [0.3, 0.4) is 0 Å². The molecule has 3 N–H and O–H groups in total.